The molecule has 36 heavy (non-hydrogen) atoms. The van der Waals surface area contributed by atoms with Gasteiger partial charge in [0.25, 0.3) is 5.91 Å². The molecule has 0 aliphatic carbocycles. The predicted molar refractivity (Wildman–Crippen MR) is 141 cm³/mol. The molecular weight excluding hydrogens is 500 g/mol. The van der Waals surface area contributed by atoms with Crippen LogP contribution in [-0.2, 0) is 11.2 Å². The quantitative estimate of drug-likeness (QED) is 0.167. The van der Waals surface area contributed by atoms with E-state index >= 15 is 0 Å². The minimum absolute atomic E-state index is 0.0652. The van der Waals surface area contributed by atoms with E-state index in [4.69, 9.17) is 25.8 Å². The van der Waals surface area contributed by atoms with Crippen molar-refractivity contribution in [3.05, 3.63) is 63.6 Å². The van der Waals surface area contributed by atoms with Crippen LogP contribution in [0.5, 0.6) is 17.2 Å². The van der Waals surface area contributed by atoms with Crippen LogP contribution in [0.2, 0.25) is 5.02 Å². The lowest BCUT2D eigenvalue weighted by Crippen LogP contribution is -2.13. The molecule has 0 aliphatic heterocycles. The van der Waals surface area contributed by atoms with Gasteiger partial charge in [0.2, 0.25) is 5.13 Å². The number of para-hydroxylation sites is 1. The molecule has 1 N–H and O–H groups in total. The van der Waals surface area contributed by atoms with Gasteiger partial charge in [-0.05, 0) is 49.2 Å². The lowest BCUT2D eigenvalue weighted by molar-refractivity contribution is -0.112. The molecule has 0 saturated heterocycles. The number of carbonyl (C=O) groups excluding carboxylic acids is 1. The van der Waals surface area contributed by atoms with E-state index in [1.807, 2.05) is 25.1 Å². The highest BCUT2D eigenvalue weighted by Crippen LogP contribution is 2.30. The van der Waals surface area contributed by atoms with Crippen LogP contribution in [0, 0.1) is 11.3 Å². The second-order valence-electron chi connectivity index (χ2n) is 7.49. The maximum absolute atomic E-state index is 12.6. The van der Waals surface area contributed by atoms with Crippen molar-refractivity contribution in [2.75, 3.05) is 25.1 Å². The number of carbonyl (C=O) groups is 1. The van der Waals surface area contributed by atoms with Gasteiger partial charge in [-0.1, -0.05) is 54.5 Å². The molecule has 0 atom stereocenters. The first kappa shape index (κ1) is 27.0. The molecule has 3 rings (SSSR count). The topological polar surface area (TPSA) is 106 Å². The van der Waals surface area contributed by atoms with E-state index in [1.54, 1.807) is 30.3 Å². The fourth-order valence-corrected chi connectivity index (χ4v) is 4.05. The summed E-state index contributed by atoms with van der Waals surface area (Å²) in [6.45, 7) is 4.94. The van der Waals surface area contributed by atoms with Gasteiger partial charge < -0.3 is 14.2 Å². The average molecular weight is 527 g/mol. The number of hydrogen-bond donors (Lipinski definition) is 1. The van der Waals surface area contributed by atoms with E-state index in [9.17, 15) is 10.1 Å². The molecule has 1 amide bonds. The van der Waals surface area contributed by atoms with Crippen LogP contribution < -0.4 is 19.5 Å². The minimum atomic E-state index is -0.550. The maximum atomic E-state index is 12.6. The molecule has 0 bridgehead atoms. The number of benzene rings is 2. The molecule has 0 unspecified atom stereocenters. The number of nitrogens with one attached hydrogen (secondary N) is 1. The number of rotatable bonds is 13. The van der Waals surface area contributed by atoms with Gasteiger partial charge in [0.05, 0.1) is 11.6 Å². The summed E-state index contributed by atoms with van der Waals surface area (Å²) >= 11 is 7.41. The Balaban J connectivity index is 1.64. The third-order valence-electron chi connectivity index (χ3n) is 4.81. The molecule has 8 nitrogen and oxygen atoms in total. The first-order valence-electron chi connectivity index (χ1n) is 11.6. The summed E-state index contributed by atoms with van der Waals surface area (Å²) in [4.78, 5) is 12.6. The maximum Gasteiger partial charge on any atom is 0.268 e. The zero-order chi connectivity index (χ0) is 25.8. The third-order valence-corrected chi connectivity index (χ3v) is 6.02. The smallest absolute Gasteiger partial charge is 0.268 e. The summed E-state index contributed by atoms with van der Waals surface area (Å²) in [6, 6.07) is 14.3. The van der Waals surface area contributed by atoms with Crippen molar-refractivity contribution in [3.63, 3.8) is 0 Å². The Morgan fingerprint density at radius 3 is 2.58 bits per heavy atom. The molecule has 10 heteroatoms. The molecule has 188 valence electrons. The van der Waals surface area contributed by atoms with Crippen LogP contribution in [-0.4, -0.2) is 35.9 Å². The summed E-state index contributed by atoms with van der Waals surface area (Å²) in [5, 5.41) is 22.0. The fourth-order valence-electron chi connectivity index (χ4n) is 3.08. The van der Waals surface area contributed by atoms with Gasteiger partial charge in [0, 0.05) is 6.42 Å². The first-order valence-corrected chi connectivity index (χ1v) is 12.8. The Hall–Kier alpha value is -3.61. The lowest BCUT2D eigenvalue weighted by atomic mass is 10.1. The number of hydrogen-bond acceptors (Lipinski definition) is 8. The summed E-state index contributed by atoms with van der Waals surface area (Å²) < 4.78 is 17.2. The average Bonchev–Trinajstić information content (AvgIpc) is 3.33. The van der Waals surface area contributed by atoms with E-state index in [2.05, 4.69) is 22.4 Å². The number of amides is 1. The molecule has 0 saturated carbocycles. The molecule has 1 heterocycles. The highest BCUT2D eigenvalue weighted by Gasteiger charge is 2.14. The second kappa shape index (κ2) is 14.1. The Morgan fingerprint density at radius 2 is 1.86 bits per heavy atom. The van der Waals surface area contributed by atoms with Crippen molar-refractivity contribution in [1.29, 1.82) is 5.26 Å². The van der Waals surface area contributed by atoms with Gasteiger partial charge in [0.1, 0.15) is 35.6 Å². The first-order chi connectivity index (χ1) is 17.5. The molecule has 0 fully saturated rings. The van der Waals surface area contributed by atoms with Gasteiger partial charge in [-0.15, -0.1) is 10.2 Å². The second-order valence-corrected chi connectivity index (χ2v) is 8.96. The monoisotopic (exact) mass is 526 g/mol. The summed E-state index contributed by atoms with van der Waals surface area (Å²) in [5.74, 6) is 1.05. The Bertz CT molecular complexity index is 1240. The molecule has 0 aliphatic rings. The normalized spacial score (nSPS) is 11.0. The number of aromatic nitrogens is 2. The molecule has 0 radical (unpaired) electrons. The summed E-state index contributed by atoms with van der Waals surface area (Å²) in [7, 11) is 0. The Morgan fingerprint density at radius 1 is 1.08 bits per heavy atom. The van der Waals surface area contributed by atoms with Crippen LogP contribution >= 0.6 is 22.9 Å². The molecular formula is C26H27ClN4O4S. The number of halogens is 1. The lowest BCUT2D eigenvalue weighted by Gasteiger charge is -2.13. The van der Waals surface area contributed by atoms with Gasteiger partial charge in [-0.25, -0.2) is 0 Å². The van der Waals surface area contributed by atoms with Gasteiger partial charge in [-0.2, -0.15) is 5.26 Å². The van der Waals surface area contributed by atoms with E-state index in [1.165, 1.54) is 17.4 Å². The number of aryl methyl sites for hydroxylation is 1. The van der Waals surface area contributed by atoms with E-state index < -0.39 is 5.91 Å². The fraction of sp³-hybridized carbons (Fsp3) is 0.308. The van der Waals surface area contributed by atoms with Crippen LogP contribution in [0.1, 0.15) is 37.3 Å². The van der Waals surface area contributed by atoms with Crippen molar-refractivity contribution >= 4 is 40.1 Å². The largest absolute Gasteiger partial charge is 0.490 e. The van der Waals surface area contributed by atoms with Crippen LogP contribution in [0.4, 0.5) is 5.13 Å². The summed E-state index contributed by atoms with van der Waals surface area (Å²) in [5.41, 5.74) is 0.551. The van der Waals surface area contributed by atoms with Gasteiger partial charge >= 0.3 is 0 Å². The highest BCUT2D eigenvalue weighted by molar-refractivity contribution is 7.15. The van der Waals surface area contributed by atoms with Crippen LogP contribution in [0.3, 0.4) is 0 Å². The molecule has 1 aromatic heterocycles. The SMILES string of the molecule is CCCCc1nnc(NC(=O)/C(C#N)=C\c2ccc(OCCOc3ccccc3Cl)c(OCC)c2)s1. The van der Waals surface area contributed by atoms with Crippen LogP contribution in [0.25, 0.3) is 6.08 Å². The Labute approximate surface area is 219 Å². The zero-order valence-corrected chi connectivity index (χ0v) is 21.7. The van der Waals surface area contributed by atoms with E-state index in [0.717, 1.165) is 24.3 Å². The molecule has 3 aromatic rings. The van der Waals surface area contributed by atoms with Crippen LogP contribution in [0.15, 0.2) is 48.0 Å². The van der Waals surface area contributed by atoms with Crippen molar-refractivity contribution in [2.45, 2.75) is 33.1 Å². The van der Waals surface area contributed by atoms with Crippen molar-refractivity contribution in [1.82, 2.24) is 10.2 Å². The van der Waals surface area contributed by atoms with E-state index in [-0.39, 0.29) is 12.2 Å². The number of ether oxygens (including phenoxy) is 3. The standard InChI is InChI=1S/C26H27ClN4O4S/c1-3-5-10-24-30-31-26(36-24)29-25(32)19(17-28)15-18-11-12-22(23(16-18)33-4-2)35-14-13-34-21-9-7-6-8-20(21)27/h6-9,11-12,15-16H,3-5,10,13-14H2,1-2H3,(H,29,31,32)/b19-15-. The predicted octanol–water partition coefficient (Wildman–Crippen LogP) is 5.94. The number of unbranched alkanes of at least 4 members (excludes halogenated alkanes) is 1. The zero-order valence-electron chi connectivity index (χ0n) is 20.1. The minimum Gasteiger partial charge on any atom is -0.490 e. The van der Waals surface area contributed by atoms with Crippen molar-refractivity contribution in [3.8, 4) is 23.3 Å². The van der Waals surface area contributed by atoms with Gasteiger partial charge in [0.15, 0.2) is 11.5 Å². The van der Waals surface area contributed by atoms with E-state index in [0.29, 0.717) is 46.2 Å². The Kier molecular flexibility index (Phi) is 10.5. The number of anilines is 1. The van der Waals surface area contributed by atoms with Crippen molar-refractivity contribution < 1.29 is 19.0 Å². The molecule has 2 aromatic carbocycles. The third kappa shape index (κ3) is 7.97. The highest BCUT2D eigenvalue weighted by atomic mass is 35.5. The molecule has 0 spiro atoms. The number of nitriles is 1. The van der Waals surface area contributed by atoms with Gasteiger partial charge in [-0.3, -0.25) is 10.1 Å². The van der Waals surface area contributed by atoms with Crippen molar-refractivity contribution in [2.24, 2.45) is 0 Å². The number of nitrogens with zero attached hydrogens (tertiary/aromatic N) is 3. The summed E-state index contributed by atoms with van der Waals surface area (Å²) in [6.07, 6.45) is 4.35.